The zero-order valence-corrected chi connectivity index (χ0v) is 11.1. The highest BCUT2D eigenvalue weighted by molar-refractivity contribution is 6.01. The largest absolute Gasteiger partial charge is 0.383 e. The minimum absolute atomic E-state index is 0.583. The van der Waals surface area contributed by atoms with Crippen LogP contribution in [0, 0.1) is 0 Å². The molecule has 0 saturated heterocycles. The fourth-order valence-corrected chi connectivity index (χ4v) is 3.06. The number of nitrogen functional groups attached to an aromatic ring is 1. The molecule has 3 aromatic heterocycles. The number of nitrogens with two attached hydrogens (primary N) is 1. The van der Waals surface area contributed by atoms with E-state index < -0.39 is 0 Å². The number of aromatic amines is 1. The number of fused-ring (bicyclic) bond motifs is 2. The number of pyridine rings is 2. The summed E-state index contributed by atoms with van der Waals surface area (Å²) >= 11 is 0. The smallest absolute Gasteiger partial charge is 0.184 e. The van der Waals surface area contributed by atoms with Gasteiger partial charge >= 0.3 is 0 Å². The first-order valence-electron chi connectivity index (χ1n) is 6.90. The van der Waals surface area contributed by atoms with Gasteiger partial charge < -0.3 is 5.73 Å². The number of H-pyrrole nitrogens is 1. The molecular formula is C15H15N5. The molecule has 0 aliphatic heterocycles. The molecule has 3 heterocycles. The van der Waals surface area contributed by atoms with Crippen molar-refractivity contribution < 1.29 is 0 Å². The molecule has 20 heavy (non-hydrogen) atoms. The Morgan fingerprint density at radius 3 is 2.95 bits per heavy atom. The normalized spacial score (nSPS) is 14.4. The van der Waals surface area contributed by atoms with Crippen molar-refractivity contribution in [1.29, 1.82) is 0 Å². The molecule has 0 aromatic carbocycles. The van der Waals surface area contributed by atoms with Gasteiger partial charge in [0, 0.05) is 29.2 Å². The topological polar surface area (TPSA) is 80.5 Å². The predicted octanol–water partition coefficient (Wildman–Crippen LogP) is 2.48. The van der Waals surface area contributed by atoms with Crippen molar-refractivity contribution in [3.8, 4) is 11.1 Å². The Kier molecular flexibility index (Phi) is 2.45. The third-order valence-electron chi connectivity index (χ3n) is 3.96. The Labute approximate surface area is 116 Å². The summed E-state index contributed by atoms with van der Waals surface area (Å²) in [5, 5.41) is 8.01. The third kappa shape index (κ3) is 1.59. The predicted molar refractivity (Wildman–Crippen MR) is 78.2 cm³/mol. The first-order chi connectivity index (χ1) is 9.84. The summed E-state index contributed by atoms with van der Waals surface area (Å²) in [7, 11) is 0. The van der Waals surface area contributed by atoms with E-state index in [1.807, 2.05) is 12.3 Å². The van der Waals surface area contributed by atoms with E-state index in [0.29, 0.717) is 11.5 Å². The SMILES string of the molecule is Nc1[nH]nc2nc3c(c(-c4cccnc4)c12)CCCC3. The molecule has 1 aliphatic carbocycles. The molecule has 0 saturated carbocycles. The fourth-order valence-electron chi connectivity index (χ4n) is 3.06. The summed E-state index contributed by atoms with van der Waals surface area (Å²) in [6.07, 6.45) is 8.13. The van der Waals surface area contributed by atoms with E-state index in [-0.39, 0.29) is 0 Å². The van der Waals surface area contributed by atoms with E-state index in [9.17, 15) is 0 Å². The molecule has 100 valence electrons. The van der Waals surface area contributed by atoms with Crippen molar-refractivity contribution in [2.24, 2.45) is 0 Å². The second-order valence-electron chi connectivity index (χ2n) is 5.20. The van der Waals surface area contributed by atoms with Crippen LogP contribution in [-0.2, 0) is 12.8 Å². The van der Waals surface area contributed by atoms with Gasteiger partial charge in [0.25, 0.3) is 0 Å². The highest BCUT2D eigenvalue weighted by atomic mass is 15.2. The Morgan fingerprint density at radius 1 is 1.20 bits per heavy atom. The quantitative estimate of drug-likeness (QED) is 0.708. The van der Waals surface area contributed by atoms with Gasteiger partial charge in [-0.2, -0.15) is 5.10 Å². The molecule has 5 heteroatoms. The number of rotatable bonds is 1. The molecule has 0 atom stereocenters. The van der Waals surface area contributed by atoms with Gasteiger partial charge in [0.1, 0.15) is 5.82 Å². The maximum atomic E-state index is 6.07. The number of nitrogens with one attached hydrogen (secondary N) is 1. The molecule has 1 aliphatic rings. The molecule has 0 fully saturated rings. The van der Waals surface area contributed by atoms with Crippen LogP contribution in [0.4, 0.5) is 5.82 Å². The van der Waals surface area contributed by atoms with Gasteiger partial charge in [-0.1, -0.05) is 6.07 Å². The van der Waals surface area contributed by atoms with Crippen LogP contribution in [0.1, 0.15) is 24.1 Å². The van der Waals surface area contributed by atoms with Crippen molar-refractivity contribution in [2.75, 3.05) is 5.73 Å². The highest BCUT2D eigenvalue weighted by Crippen LogP contribution is 2.37. The Hall–Kier alpha value is -2.43. The van der Waals surface area contributed by atoms with Gasteiger partial charge in [-0.15, -0.1) is 0 Å². The van der Waals surface area contributed by atoms with Gasteiger partial charge in [-0.05, 0) is 37.3 Å². The molecule has 0 bridgehead atoms. The second kappa shape index (κ2) is 4.30. The van der Waals surface area contributed by atoms with E-state index >= 15 is 0 Å². The number of aryl methyl sites for hydroxylation is 1. The molecule has 3 aromatic rings. The standard InChI is InChI=1S/C15H15N5/c16-14-13-12(9-4-3-7-17-8-9)10-5-1-2-6-11(10)18-15(13)20-19-14/h3-4,7-8H,1-2,5-6H2,(H3,16,18,19,20). The van der Waals surface area contributed by atoms with Crippen LogP contribution in [0.2, 0.25) is 0 Å². The Bertz CT molecular complexity index is 776. The monoisotopic (exact) mass is 265 g/mol. The van der Waals surface area contributed by atoms with Gasteiger partial charge in [0.2, 0.25) is 0 Å². The average molecular weight is 265 g/mol. The molecule has 0 radical (unpaired) electrons. The summed E-state index contributed by atoms with van der Waals surface area (Å²) in [5.74, 6) is 0.583. The molecule has 0 amide bonds. The van der Waals surface area contributed by atoms with E-state index in [1.54, 1.807) is 6.20 Å². The lowest BCUT2D eigenvalue weighted by Gasteiger charge is -2.19. The van der Waals surface area contributed by atoms with Crippen LogP contribution in [-0.4, -0.2) is 20.2 Å². The zero-order valence-electron chi connectivity index (χ0n) is 11.1. The first kappa shape index (κ1) is 11.4. The van der Waals surface area contributed by atoms with Crippen molar-refractivity contribution in [1.82, 2.24) is 20.2 Å². The maximum absolute atomic E-state index is 6.07. The third-order valence-corrected chi connectivity index (χ3v) is 3.96. The van der Waals surface area contributed by atoms with Gasteiger partial charge in [-0.3, -0.25) is 10.1 Å². The van der Waals surface area contributed by atoms with Crippen molar-refractivity contribution >= 4 is 16.9 Å². The van der Waals surface area contributed by atoms with E-state index in [1.165, 1.54) is 18.4 Å². The van der Waals surface area contributed by atoms with Crippen molar-refractivity contribution in [3.05, 3.63) is 35.8 Å². The lowest BCUT2D eigenvalue weighted by molar-refractivity contribution is 0.672. The van der Waals surface area contributed by atoms with Crippen LogP contribution in [0.25, 0.3) is 22.2 Å². The molecule has 4 rings (SSSR count). The lowest BCUT2D eigenvalue weighted by atomic mass is 9.88. The molecule has 5 nitrogen and oxygen atoms in total. The van der Waals surface area contributed by atoms with Crippen LogP contribution in [0.3, 0.4) is 0 Å². The molecule has 0 spiro atoms. The summed E-state index contributed by atoms with van der Waals surface area (Å²) in [6.45, 7) is 0. The number of nitrogens with zero attached hydrogens (tertiary/aromatic N) is 3. The lowest BCUT2D eigenvalue weighted by Crippen LogP contribution is -2.08. The summed E-state index contributed by atoms with van der Waals surface area (Å²) in [4.78, 5) is 8.92. The van der Waals surface area contributed by atoms with Gasteiger partial charge in [0.05, 0.1) is 5.39 Å². The number of aromatic nitrogens is 4. The average Bonchev–Trinajstić information content (AvgIpc) is 2.87. The number of hydrogen-bond donors (Lipinski definition) is 2. The molecule has 3 N–H and O–H groups in total. The summed E-state index contributed by atoms with van der Waals surface area (Å²) < 4.78 is 0. The minimum atomic E-state index is 0.583. The van der Waals surface area contributed by atoms with Gasteiger partial charge in [-0.25, -0.2) is 4.98 Å². The number of anilines is 1. The van der Waals surface area contributed by atoms with Crippen LogP contribution >= 0.6 is 0 Å². The maximum Gasteiger partial charge on any atom is 0.184 e. The van der Waals surface area contributed by atoms with Crippen LogP contribution in [0.5, 0.6) is 0 Å². The minimum Gasteiger partial charge on any atom is -0.383 e. The van der Waals surface area contributed by atoms with Crippen LogP contribution in [0.15, 0.2) is 24.5 Å². The first-order valence-corrected chi connectivity index (χ1v) is 6.90. The zero-order chi connectivity index (χ0) is 13.5. The summed E-state index contributed by atoms with van der Waals surface area (Å²) in [6, 6.07) is 4.02. The Balaban J connectivity index is 2.12. The van der Waals surface area contributed by atoms with Crippen LogP contribution < -0.4 is 5.73 Å². The van der Waals surface area contributed by atoms with E-state index in [2.05, 4.69) is 26.2 Å². The van der Waals surface area contributed by atoms with Crippen molar-refractivity contribution in [2.45, 2.75) is 25.7 Å². The molecule has 0 unspecified atom stereocenters. The highest BCUT2D eigenvalue weighted by Gasteiger charge is 2.22. The van der Waals surface area contributed by atoms with Crippen molar-refractivity contribution in [3.63, 3.8) is 0 Å². The number of hydrogen-bond acceptors (Lipinski definition) is 4. The molecular weight excluding hydrogens is 250 g/mol. The Morgan fingerprint density at radius 2 is 2.10 bits per heavy atom. The van der Waals surface area contributed by atoms with E-state index in [4.69, 9.17) is 5.73 Å². The summed E-state index contributed by atoms with van der Waals surface area (Å²) in [5.41, 5.74) is 11.5. The second-order valence-corrected chi connectivity index (χ2v) is 5.20. The van der Waals surface area contributed by atoms with Gasteiger partial charge in [0.15, 0.2) is 5.65 Å². The fraction of sp³-hybridized carbons (Fsp3) is 0.267. The van der Waals surface area contributed by atoms with E-state index in [0.717, 1.165) is 35.0 Å².